The number of benzene rings is 1. The van der Waals surface area contributed by atoms with Gasteiger partial charge in [-0.25, -0.2) is 0 Å². The highest BCUT2D eigenvalue weighted by atomic mass is 16.5. The predicted molar refractivity (Wildman–Crippen MR) is 81.6 cm³/mol. The normalized spacial score (nSPS) is 26.1. The van der Waals surface area contributed by atoms with Crippen molar-refractivity contribution in [3.05, 3.63) is 29.8 Å². The van der Waals surface area contributed by atoms with Crippen LogP contribution in [-0.4, -0.2) is 7.11 Å². The van der Waals surface area contributed by atoms with Crippen molar-refractivity contribution in [2.45, 2.75) is 52.9 Å². The number of rotatable bonds is 4. The molecular formula is C18H28O. The molecule has 0 bridgehead atoms. The van der Waals surface area contributed by atoms with Crippen LogP contribution in [0.2, 0.25) is 0 Å². The first-order chi connectivity index (χ1) is 9.03. The van der Waals surface area contributed by atoms with E-state index in [-0.39, 0.29) is 0 Å². The average molecular weight is 260 g/mol. The van der Waals surface area contributed by atoms with Crippen molar-refractivity contribution in [2.24, 2.45) is 17.3 Å². The second-order valence-corrected chi connectivity index (χ2v) is 6.85. The Kier molecular flexibility index (Phi) is 4.54. The summed E-state index contributed by atoms with van der Waals surface area (Å²) >= 11 is 0. The summed E-state index contributed by atoms with van der Waals surface area (Å²) < 4.78 is 5.31. The lowest BCUT2D eigenvalue weighted by molar-refractivity contribution is 0.0767. The summed E-state index contributed by atoms with van der Waals surface area (Å²) in [6.07, 6.45) is 6.69. The Morgan fingerprint density at radius 3 is 2.79 bits per heavy atom. The largest absolute Gasteiger partial charge is 0.497 e. The van der Waals surface area contributed by atoms with Crippen LogP contribution in [0, 0.1) is 17.3 Å². The first-order valence-electron chi connectivity index (χ1n) is 7.66. The van der Waals surface area contributed by atoms with Gasteiger partial charge in [0.1, 0.15) is 5.75 Å². The Labute approximate surface area is 118 Å². The van der Waals surface area contributed by atoms with Crippen LogP contribution in [-0.2, 0) is 6.42 Å². The SMILES string of the molecule is COc1cccc(CC[C@H]2[C@@H](C)CCCC2(C)C)c1. The van der Waals surface area contributed by atoms with E-state index < -0.39 is 0 Å². The lowest BCUT2D eigenvalue weighted by atomic mass is 9.62. The zero-order valence-corrected chi connectivity index (χ0v) is 12.9. The van der Waals surface area contributed by atoms with Gasteiger partial charge in [-0.05, 0) is 54.2 Å². The molecule has 0 saturated heterocycles. The second-order valence-electron chi connectivity index (χ2n) is 6.85. The molecule has 1 heteroatoms. The maximum Gasteiger partial charge on any atom is 0.119 e. The van der Waals surface area contributed by atoms with Crippen LogP contribution >= 0.6 is 0 Å². The highest BCUT2D eigenvalue weighted by Crippen LogP contribution is 2.46. The Balaban J connectivity index is 2.00. The zero-order chi connectivity index (χ0) is 13.9. The molecule has 0 amide bonds. The summed E-state index contributed by atoms with van der Waals surface area (Å²) in [5.41, 5.74) is 1.92. The molecule has 0 spiro atoms. The van der Waals surface area contributed by atoms with Crippen LogP contribution in [0.15, 0.2) is 24.3 Å². The summed E-state index contributed by atoms with van der Waals surface area (Å²) in [6, 6.07) is 8.53. The standard InChI is InChI=1S/C18H28O/c1-14-7-6-12-18(2,3)17(14)11-10-15-8-5-9-16(13-15)19-4/h5,8-9,13-14,17H,6-7,10-12H2,1-4H3/t14-,17-/m0/s1. The summed E-state index contributed by atoms with van der Waals surface area (Å²) in [6.45, 7) is 7.36. The Hall–Kier alpha value is -0.980. The molecule has 1 nitrogen and oxygen atoms in total. The minimum atomic E-state index is 0.510. The highest BCUT2D eigenvalue weighted by Gasteiger charge is 2.36. The lowest BCUT2D eigenvalue weighted by Gasteiger charge is -2.43. The van der Waals surface area contributed by atoms with Gasteiger partial charge in [-0.2, -0.15) is 0 Å². The van der Waals surface area contributed by atoms with Gasteiger partial charge in [-0.15, -0.1) is 0 Å². The van der Waals surface area contributed by atoms with Gasteiger partial charge in [0.25, 0.3) is 0 Å². The van der Waals surface area contributed by atoms with Crippen molar-refractivity contribution in [1.82, 2.24) is 0 Å². The van der Waals surface area contributed by atoms with E-state index in [0.29, 0.717) is 5.41 Å². The molecule has 0 aromatic heterocycles. The van der Waals surface area contributed by atoms with Crippen LogP contribution < -0.4 is 4.74 Å². The molecule has 0 radical (unpaired) electrons. The van der Waals surface area contributed by atoms with Crippen molar-refractivity contribution in [1.29, 1.82) is 0 Å². The number of hydrogen-bond donors (Lipinski definition) is 0. The minimum Gasteiger partial charge on any atom is -0.497 e. The molecule has 1 fully saturated rings. The first kappa shape index (κ1) is 14.4. The second kappa shape index (κ2) is 5.98. The van der Waals surface area contributed by atoms with Gasteiger partial charge in [0.15, 0.2) is 0 Å². The van der Waals surface area contributed by atoms with E-state index in [4.69, 9.17) is 4.74 Å². The number of hydrogen-bond acceptors (Lipinski definition) is 1. The third-order valence-electron chi connectivity index (χ3n) is 5.05. The van der Waals surface area contributed by atoms with Gasteiger partial charge < -0.3 is 4.74 Å². The minimum absolute atomic E-state index is 0.510. The van der Waals surface area contributed by atoms with Gasteiger partial charge in [0.05, 0.1) is 7.11 Å². The van der Waals surface area contributed by atoms with Crippen molar-refractivity contribution < 1.29 is 4.74 Å². The van der Waals surface area contributed by atoms with Crippen LogP contribution in [0.5, 0.6) is 5.75 Å². The summed E-state index contributed by atoms with van der Waals surface area (Å²) in [5, 5.41) is 0. The van der Waals surface area contributed by atoms with E-state index >= 15 is 0 Å². The fraction of sp³-hybridized carbons (Fsp3) is 0.667. The molecule has 2 rings (SSSR count). The maximum atomic E-state index is 5.31. The van der Waals surface area contributed by atoms with Crippen LogP contribution in [0.4, 0.5) is 0 Å². The molecule has 0 aliphatic heterocycles. The monoisotopic (exact) mass is 260 g/mol. The van der Waals surface area contributed by atoms with Crippen molar-refractivity contribution >= 4 is 0 Å². The summed E-state index contributed by atoms with van der Waals surface area (Å²) in [5.74, 6) is 2.70. The van der Waals surface area contributed by atoms with Gasteiger partial charge in [-0.1, -0.05) is 45.7 Å². The van der Waals surface area contributed by atoms with E-state index in [1.54, 1.807) is 7.11 Å². The molecule has 19 heavy (non-hydrogen) atoms. The average Bonchev–Trinajstić information content (AvgIpc) is 2.37. The quantitative estimate of drug-likeness (QED) is 0.732. The van der Waals surface area contributed by atoms with Gasteiger partial charge in [0.2, 0.25) is 0 Å². The maximum absolute atomic E-state index is 5.31. The third kappa shape index (κ3) is 3.52. The number of ether oxygens (including phenoxy) is 1. The summed E-state index contributed by atoms with van der Waals surface area (Å²) in [4.78, 5) is 0. The third-order valence-corrected chi connectivity index (χ3v) is 5.05. The predicted octanol–water partition coefficient (Wildman–Crippen LogP) is 5.09. The molecule has 0 N–H and O–H groups in total. The van der Waals surface area contributed by atoms with Crippen molar-refractivity contribution in [3.63, 3.8) is 0 Å². The van der Waals surface area contributed by atoms with Crippen molar-refractivity contribution in [2.75, 3.05) is 7.11 Å². The number of aryl methyl sites for hydroxylation is 1. The number of methoxy groups -OCH3 is 1. The molecule has 1 saturated carbocycles. The molecular weight excluding hydrogens is 232 g/mol. The molecule has 1 aromatic rings. The Bertz CT molecular complexity index is 408. The van der Waals surface area contributed by atoms with Crippen LogP contribution in [0.3, 0.4) is 0 Å². The molecule has 0 heterocycles. The molecule has 1 aromatic carbocycles. The molecule has 2 atom stereocenters. The Morgan fingerprint density at radius 2 is 2.11 bits per heavy atom. The molecule has 0 unspecified atom stereocenters. The fourth-order valence-corrected chi connectivity index (χ4v) is 3.86. The van der Waals surface area contributed by atoms with Gasteiger partial charge >= 0.3 is 0 Å². The highest BCUT2D eigenvalue weighted by molar-refractivity contribution is 5.28. The Morgan fingerprint density at radius 1 is 1.32 bits per heavy atom. The van der Waals surface area contributed by atoms with E-state index in [1.165, 1.54) is 37.7 Å². The lowest BCUT2D eigenvalue weighted by Crippen LogP contribution is -2.33. The zero-order valence-electron chi connectivity index (χ0n) is 12.9. The molecule has 1 aliphatic rings. The van der Waals surface area contributed by atoms with E-state index in [1.807, 2.05) is 6.07 Å². The first-order valence-corrected chi connectivity index (χ1v) is 7.66. The molecule has 1 aliphatic carbocycles. The van der Waals surface area contributed by atoms with E-state index in [9.17, 15) is 0 Å². The summed E-state index contributed by atoms with van der Waals surface area (Å²) in [7, 11) is 1.74. The smallest absolute Gasteiger partial charge is 0.119 e. The van der Waals surface area contributed by atoms with E-state index in [0.717, 1.165) is 17.6 Å². The molecule has 106 valence electrons. The van der Waals surface area contributed by atoms with Gasteiger partial charge in [-0.3, -0.25) is 0 Å². The van der Waals surface area contributed by atoms with E-state index in [2.05, 4.69) is 39.0 Å². The van der Waals surface area contributed by atoms with Crippen LogP contribution in [0.1, 0.15) is 52.0 Å². The topological polar surface area (TPSA) is 9.23 Å². The van der Waals surface area contributed by atoms with Crippen LogP contribution in [0.25, 0.3) is 0 Å². The van der Waals surface area contributed by atoms with Gasteiger partial charge in [0, 0.05) is 0 Å². The van der Waals surface area contributed by atoms with Crippen molar-refractivity contribution in [3.8, 4) is 5.75 Å². The fourth-order valence-electron chi connectivity index (χ4n) is 3.86.